The number of imidazole rings is 1. The lowest BCUT2D eigenvalue weighted by Gasteiger charge is -2.13. The summed E-state index contributed by atoms with van der Waals surface area (Å²) in [5.74, 6) is -3.63. The number of aromatic amines is 1. The Kier molecular flexibility index (Phi) is 5.42. The molecule has 0 saturated heterocycles. The second kappa shape index (κ2) is 8.34. The third kappa shape index (κ3) is 3.69. The first-order chi connectivity index (χ1) is 15.4. The van der Waals surface area contributed by atoms with Crippen LogP contribution in [0.25, 0.3) is 16.6 Å². The van der Waals surface area contributed by atoms with E-state index < -0.39 is 42.7 Å². The van der Waals surface area contributed by atoms with Gasteiger partial charge in [-0.15, -0.1) is 0 Å². The van der Waals surface area contributed by atoms with E-state index in [4.69, 9.17) is 9.47 Å². The zero-order chi connectivity index (χ0) is 22.8. The van der Waals surface area contributed by atoms with E-state index in [1.165, 1.54) is 12.1 Å². The second-order valence-corrected chi connectivity index (χ2v) is 6.82. The van der Waals surface area contributed by atoms with E-state index in [0.29, 0.717) is 11.0 Å². The number of hydrogen-bond donors (Lipinski definition) is 2. The molecule has 0 aliphatic carbocycles. The number of esters is 2. The van der Waals surface area contributed by atoms with Gasteiger partial charge in [-0.2, -0.15) is 0 Å². The number of ether oxygens (including phenoxy) is 2. The zero-order valence-electron chi connectivity index (χ0n) is 16.8. The van der Waals surface area contributed by atoms with Crippen LogP contribution >= 0.6 is 0 Å². The van der Waals surface area contributed by atoms with Crippen molar-refractivity contribution >= 4 is 40.4 Å². The molecule has 1 aliphatic rings. The molecule has 10 nitrogen and oxygen atoms in total. The highest BCUT2D eigenvalue weighted by atomic mass is 16.5. The summed E-state index contributed by atoms with van der Waals surface area (Å²) >= 11 is 0. The average molecular weight is 435 g/mol. The van der Waals surface area contributed by atoms with Crippen LogP contribution in [-0.4, -0.2) is 64.0 Å². The molecule has 3 aromatic rings. The van der Waals surface area contributed by atoms with Crippen molar-refractivity contribution in [2.75, 3.05) is 20.3 Å². The second-order valence-electron chi connectivity index (χ2n) is 6.82. The molecule has 1 aliphatic heterocycles. The lowest BCUT2D eigenvalue weighted by Crippen LogP contribution is -2.36. The number of aromatic nitrogens is 2. The van der Waals surface area contributed by atoms with Gasteiger partial charge in [-0.1, -0.05) is 24.3 Å². The van der Waals surface area contributed by atoms with Gasteiger partial charge < -0.3 is 19.6 Å². The van der Waals surface area contributed by atoms with Crippen molar-refractivity contribution in [1.82, 2.24) is 14.9 Å². The quantitative estimate of drug-likeness (QED) is 0.259. The number of carbonyl (C=O) groups is 4. The normalized spacial score (nSPS) is 13.7. The predicted octanol–water partition coefficient (Wildman–Crippen LogP) is 1.84. The minimum absolute atomic E-state index is 0.0342. The van der Waals surface area contributed by atoms with Crippen molar-refractivity contribution in [3.63, 3.8) is 0 Å². The van der Waals surface area contributed by atoms with E-state index in [-0.39, 0.29) is 22.5 Å². The van der Waals surface area contributed by atoms with Gasteiger partial charge in [0.1, 0.15) is 30.3 Å². The average Bonchev–Trinajstić information content (AvgIpc) is 3.32. The third-order valence-electron chi connectivity index (χ3n) is 4.84. The van der Waals surface area contributed by atoms with Crippen molar-refractivity contribution in [3.05, 3.63) is 71.2 Å². The van der Waals surface area contributed by atoms with Crippen LogP contribution in [0.2, 0.25) is 0 Å². The fourth-order valence-corrected chi connectivity index (χ4v) is 3.30. The summed E-state index contributed by atoms with van der Waals surface area (Å²) in [6, 6.07) is 13.2. The lowest BCUT2D eigenvalue weighted by atomic mass is 10.1. The molecule has 4 rings (SSSR count). The van der Waals surface area contributed by atoms with Crippen LogP contribution in [-0.2, 0) is 19.1 Å². The highest BCUT2D eigenvalue weighted by Gasteiger charge is 2.36. The summed E-state index contributed by atoms with van der Waals surface area (Å²) in [7, 11) is 1.13. The molecule has 0 bridgehead atoms. The number of fused-ring (bicyclic) bond motifs is 2. The summed E-state index contributed by atoms with van der Waals surface area (Å²) in [6.07, 6.45) is 0. The molecule has 0 unspecified atom stereocenters. The third-order valence-corrected chi connectivity index (χ3v) is 4.84. The number of methoxy groups -OCH3 is 1. The number of H-pyrrole nitrogens is 1. The monoisotopic (exact) mass is 435 g/mol. The zero-order valence-corrected chi connectivity index (χ0v) is 16.8. The molecule has 0 fully saturated rings. The Hall–Kier alpha value is -4.47. The molecule has 2 aromatic carbocycles. The fraction of sp³-hybridized carbons (Fsp3) is 0.136. The van der Waals surface area contributed by atoms with Crippen LogP contribution < -0.4 is 0 Å². The summed E-state index contributed by atoms with van der Waals surface area (Å²) in [4.78, 5) is 57.1. The van der Waals surface area contributed by atoms with Crippen molar-refractivity contribution < 1.29 is 33.8 Å². The Morgan fingerprint density at radius 2 is 1.66 bits per heavy atom. The Morgan fingerprint density at radius 1 is 1.03 bits per heavy atom. The fourth-order valence-electron chi connectivity index (χ4n) is 3.30. The SMILES string of the molecule is COC(=O)/C(=C(/O)COC(=O)CN1C(=O)c2ccccc2C1=O)c1nc2ccccc2[nH]1. The van der Waals surface area contributed by atoms with Gasteiger partial charge in [-0.05, 0) is 24.3 Å². The number of nitrogens with one attached hydrogen (secondary N) is 1. The van der Waals surface area contributed by atoms with Crippen molar-refractivity contribution in [2.45, 2.75) is 0 Å². The lowest BCUT2D eigenvalue weighted by molar-refractivity contribution is -0.144. The summed E-state index contributed by atoms with van der Waals surface area (Å²) < 4.78 is 9.70. The molecule has 2 heterocycles. The van der Waals surface area contributed by atoms with Crippen LogP contribution in [0.1, 0.15) is 26.5 Å². The van der Waals surface area contributed by atoms with Crippen molar-refractivity contribution in [1.29, 1.82) is 0 Å². The summed E-state index contributed by atoms with van der Waals surface area (Å²) in [5.41, 5.74) is 1.27. The van der Waals surface area contributed by atoms with Gasteiger partial charge in [-0.25, -0.2) is 9.78 Å². The highest BCUT2D eigenvalue weighted by molar-refractivity contribution is 6.22. The van der Waals surface area contributed by atoms with E-state index in [1.54, 1.807) is 36.4 Å². The first-order valence-corrected chi connectivity index (χ1v) is 9.47. The minimum atomic E-state index is -0.945. The molecular weight excluding hydrogens is 418 g/mol. The molecule has 2 amide bonds. The van der Waals surface area contributed by atoms with Gasteiger partial charge in [0.05, 0.1) is 29.3 Å². The van der Waals surface area contributed by atoms with Crippen molar-refractivity contribution in [2.24, 2.45) is 0 Å². The van der Waals surface area contributed by atoms with Gasteiger partial charge in [-0.3, -0.25) is 19.3 Å². The number of amides is 2. The van der Waals surface area contributed by atoms with Crippen LogP contribution in [0.15, 0.2) is 54.3 Å². The topological polar surface area (TPSA) is 139 Å². The Bertz CT molecular complexity index is 1220. The maximum Gasteiger partial charge on any atom is 0.345 e. The number of aliphatic hydroxyl groups is 1. The molecule has 0 spiro atoms. The van der Waals surface area contributed by atoms with E-state index >= 15 is 0 Å². The summed E-state index contributed by atoms with van der Waals surface area (Å²) in [6.45, 7) is -1.33. The van der Waals surface area contributed by atoms with E-state index in [0.717, 1.165) is 12.0 Å². The molecule has 0 saturated carbocycles. The molecule has 10 heteroatoms. The highest BCUT2D eigenvalue weighted by Crippen LogP contribution is 2.23. The van der Waals surface area contributed by atoms with Gasteiger partial charge >= 0.3 is 11.9 Å². The molecule has 162 valence electrons. The number of benzene rings is 2. The standard InChI is InChI=1S/C22H17N3O7/c1-31-22(30)18(19-23-14-8-4-5-9-15(14)24-19)16(26)11-32-17(27)10-25-20(28)12-6-2-3-7-13(12)21(25)29/h2-9,26H,10-11H2,1H3,(H,23,24)/b18-16+. The van der Waals surface area contributed by atoms with Crippen LogP contribution in [0.4, 0.5) is 0 Å². The minimum Gasteiger partial charge on any atom is -0.508 e. The van der Waals surface area contributed by atoms with E-state index in [2.05, 4.69) is 9.97 Å². The van der Waals surface area contributed by atoms with Crippen molar-refractivity contribution in [3.8, 4) is 0 Å². The Labute approximate surface area is 181 Å². The van der Waals surface area contributed by atoms with Crippen LogP contribution in [0, 0.1) is 0 Å². The molecule has 0 radical (unpaired) electrons. The molecule has 1 aromatic heterocycles. The Morgan fingerprint density at radius 3 is 2.28 bits per heavy atom. The Balaban J connectivity index is 1.49. The smallest absolute Gasteiger partial charge is 0.345 e. The van der Waals surface area contributed by atoms with Gasteiger partial charge in [0.2, 0.25) is 0 Å². The first kappa shape index (κ1) is 20.8. The number of aliphatic hydroxyl groups excluding tert-OH is 1. The maximum absolute atomic E-state index is 12.4. The number of rotatable bonds is 6. The van der Waals surface area contributed by atoms with E-state index in [9.17, 15) is 24.3 Å². The largest absolute Gasteiger partial charge is 0.508 e. The number of imide groups is 1. The predicted molar refractivity (Wildman–Crippen MR) is 110 cm³/mol. The molecular formula is C22H17N3O7. The number of para-hydroxylation sites is 2. The van der Waals surface area contributed by atoms with E-state index in [1.807, 2.05) is 0 Å². The molecule has 0 atom stereocenters. The first-order valence-electron chi connectivity index (χ1n) is 9.47. The molecule has 2 N–H and O–H groups in total. The number of carbonyl (C=O) groups excluding carboxylic acids is 4. The maximum atomic E-state index is 12.4. The van der Waals surface area contributed by atoms with Gasteiger partial charge in [0.25, 0.3) is 11.8 Å². The number of hydrogen-bond acceptors (Lipinski definition) is 8. The number of nitrogens with zero attached hydrogens (tertiary/aromatic N) is 2. The van der Waals surface area contributed by atoms with Gasteiger partial charge in [0, 0.05) is 0 Å². The van der Waals surface area contributed by atoms with Crippen LogP contribution in [0.3, 0.4) is 0 Å². The van der Waals surface area contributed by atoms with Crippen LogP contribution in [0.5, 0.6) is 0 Å². The van der Waals surface area contributed by atoms with Gasteiger partial charge in [0.15, 0.2) is 0 Å². The summed E-state index contributed by atoms with van der Waals surface area (Å²) in [5, 5.41) is 10.4. The molecule has 32 heavy (non-hydrogen) atoms.